The molecule has 0 bridgehead atoms. The number of hydrogen-bond donors (Lipinski definition) is 6. The maximum Gasteiger partial charge on any atom is 0.335 e. The molecule has 0 spiro atoms. The zero-order valence-electron chi connectivity index (χ0n) is 21.0. The van der Waals surface area contributed by atoms with E-state index in [9.17, 15) is 25.2 Å². The summed E-state index contributed by atoms with van der Waals surface area (Å²) in [5, 5.41) is 48.9. The standard InChI is InChI=1S/C24H31N3O7.O2S/c1-6-7-13-8-15-21(30)26-17-14(22(31)27(15)10-13)9-16(11(2)18(17)28)34-23-20(29)24(4,32)19(25-5)12(3)33-23;1-3-2/h6-10,12,19-21,23,25-26,28-30,32H,1-5H3;/b7-6+;. The average Bonchev–Trinajstić information content (AvgIpc) is 3.23. The lowest BCUT2D eigenvalue weighted by atomic mass is 9.84. The third-order valence-electron chi connectivity index (χ3n) is 6.61. The molecule has 0 radical (unpaired) electrons. The number of aliphatic hydroxyl groups is 3. The fraction of sp³-hybridized carbons (Fsp3) is 0.458. The number of aromatic hydroxyl groups is 1. The van der Waals surface area contributed by atoms with Crippen molar-refractivity contribution in [1.29, 1.82) is 0 Å². The Morgan fingerprint density at radius 3 is 2.54 bits per heavy atom. The van der Waals surface area contributed by atoms with Crippen LogP contribution >= 0.6 is 0 Å². The fourth-order valence-corrected chi connectivity index (χ4v) is 4.74. The minimum atomic E-state index is -1.57. The number of carbonyl (C=O) groups is 1. The summed E-state index contributed by atoms with van der Waals surface area (Å²) < 4.78 is 29.6. The SMILES string of the molecule is C/C=C/c1cc2n(c1)C(=O)c1cc(OC3OC(C)C(NC)C(C)(O)C3O)c(C)c(O)c1NC2O.O=S=O. The van der Waals surface area contributed by atoms with E-state index in [0.717, 1.165) is 5.56 Å². The number of likely N-dealkylation sites (N-methyl/N-ethyl adjacent to an activating group) is 1. The van der Waals surface area contributed by atoms with Crippen LogP contribution in [-0.2, 0) is 16.3 Å². The number of aromatic nitrogens is 1. The molecule has 202 valence electrons. The van der Waals surface area contributed by atoms with Gasteiger partial charge >= 0.3 is 11.6 Å². The van der Waals surface area contributed by atoms with Gasteiger partial charge in [0.25, 0.3) is 5.91 Å². The van der Waals surface area contributed by atoms with Gasteiger partial charge < -0.3 is 40.5 Å². The Kier molecular flexibility index (Phi) is 8.57. The van der Waals surface area contributed by atoms with Gasteiger partial charge in [-0.1, -0.05) is 12.2 Å². The number of benzene rings is 1. The second kappa shape index (κ2) is 11.1. The number of aliphatic hydroxyl groups excluding tert-OH is 2. The van der Waals surface area contributed by atoms with Gasteiger partial charge in [-0.05, 0) is 52.4 Å². The molecular weight excluding hydrogens is 506 g/mol. The van der Waals surface area contributed by atoms with Crippen LogP contribution in [0.3, 0.4) is 0 Å². The topological polar surface area (TPSA) is 180 Å². The summed E-state index contributed by atoms with van der Waals surface area (Å²) in [5.74, 6) is -0.664. The summed E-state index contributed by atoms with van der Waals surface area (Å²) in [6.07, 6.45) is 0.800. The second-order valence-corrected chi connectivity index (χ2v) is 9.16. The van der Waals surface area contributed by atoms with Crippen LogP contribution in [0.2, 0.25) is 0 Å². The van der Waals surface area contributed by atoms with E-state index < -0.39 is 53.8 Å². The summed E-state index contributed by atoms with van der Waals surface area (Å²) >= 11 is -0.750. The highest BCUT2D eigenvalue weighted by molar-refractivity contribution is 7.51. The smallest absolute Gasteiger partial charge is 0.335 e. The first-order valence-corrected chi connectivity index (χ1v) is 12.1. The van der Waals surface area contributed by atoms with Crippen molar-refractivity contribution >= 4 is 29.2 Å². The van der Waals surface area contributed by atoms with Gasteiger partial charge in [0.1, 0.15) is 23.2 Å². The van der Waals surface area contributed by atoms with Crippen molar-refractivity contribution in [1.82, 2.24) is 9.88 Å². The molecule has 13 heteroatoms. The molecule has 4 rings (SSSR count). The molecule has 2 aliphatic heterocycles. The number of hydrogen-bond acceptors (Lipinski definition) is 11. The van der Waals surface area contributed by atoms with E-state index in [-0.39, 0.29) is 28.3 Å². The monoisotopic (exact) mass is 537 g/mol. The van der Waals surface area contributed by atoms with Crippen molar-refractivity contribution in [3.05, 3.63) is 46.8 Å². The minimum Gasteiger partial charge on any atom is -0.505 e. The fourth-order valence-electron chi connectivity index (χ4n) is 4.74. The predicted molar refractivity (Wildman–Crippen MR) is 134 cm³/mol. The van der Waals surface area contributed by atoms with E-state index in [0.29, 0.717) is 5.69 Å². The molecule has 1 saturated heterocycles. The molecule has 1 aromatic carbocycles. The van der Waals surface area contributed by atoms with Gasteiger partial charge in [-0.25, -0.2) is 0 Å². The highest BCUT2D eigenvalue weighted by Crippen LogP contribution is 2.43. The Hall–Kier alpha value is -3.07. The Balaban J connectivity index is 0.00000121. The van der Waals surface area contributed by atoms with E-state index in [4.69, 9.17) is 17.9 Å². The van der Waals surface area contributed by atoms with Gasteiger partial charge in [0.15, 0.2) is 6.23 Å². The number of phenols is 1. The highest BCUT2D eigenvalue weighted by Gasteiger charge is 2.52. The first-order valence-electron chi connectivity index (χ1n) is 11.4. The third kappa shape index (κ3) is 5.19. The predicted octanol–water partition coefficient (Wildman–Crippen LogP) is 0.793. The van der Waals surface area contributed by atoms with E-state index in [1.54, 1.807) is 39.2 Å². The molecule has 1 aromatic heterocycles. The van der Waals surface area contributed by atoms with Crippen molar-refractivity contribution < 1.29 is 43.1 Å². The maximum absolute atomic E-state index is 13.4. The minimum absolute atomic E-state index is 0.0664. The largest absolute Gasteiger partial charge is 0.505 e. The summed E-state index contributed by atoms with van der Waals surface area (Å²) in [7, 11) is 1.66. The molecule has 2 aliphatic rings. The van der Waals surface area contributed by atoms with Crippen LogP contribution in [0.5, 0.6) is 11.5 Å². The maximum atomic E-state index is 13.4. The van der Waals surface area contributed by atoms with Crippen LogP contribution < -0.4 is 15.4 Å². The molecule has 3 heterocycles. The number of phenolic OH excluding ortho intramolecular Hbond substituents is 1. The number of fused-ring (bicyclic) bond motifs is 2. The van der Waals surface area contributed by atoms with Crippen LogP contribution in [0.15, 0.2) is 24.4 Å². The summed E-state index contributed by atoms with van der Waals surface area (Å²) in [6.45, 7) is 6.65. The van der Waals surface area contributed by atoms with E-state index >= 15 is 0 Å². The number of anilines is 1. The number of nitrogens with one attached hydrogen (secondary N) is 2. The van der Waals surface area contributed by atoms with Crippen molar-refractivity contribution in [3.8, 4) is 11.5 Å². The van der Waals surface area contributed by atoms with Gasteiger partial charge in [-0.3, -0.25) is 9.36 Å². The van der Waals surface area contributed by atoms with Gasteiger partial charge in [-0.2, -0.15) is 8.42 Å². The third-order valence-corrected chi connectivity index (χ3v) is 6.61. The number of carbonyl (C=O) groups excluding carboxylic acids is 1. The number of nitrogens with zero attached hydrogens (tertiary/aromatic N) is 1. The molecule has 6 unspecified atom stereocenters. The summed E-state index contributed by atoms with van der Waals surface area (Å²) in [5.41, 5.74) is -0.106. The summed E-state index contributed by atoms with van der Waals surface area (Å²) in [6, 6.07) is 2.56. The molecule has 0 saturated carbocycles. The lowest BCUT2D eigenvalue weighted by Gasteiger charge is -2.47. The molecule has 37 heavy (non-hydrogen) atoms. The summed E-state index contributed by atoms with van der Waals surface area (Å²) in [4.78, 5) is 13.4. The molecule has 0 amide bonds. The molecule has 2 aromatic rings. The number of rotatable bonds is 4. The zero-order chi connectivity index (χ0) is 27.7. The average molecular weight is 538 g/mol. The Labute approximate surface area is 217 Å². The van der Waals surface area contributed by atoms with Crippen LogP contribution in [0.25, 0.3) is 6.08 Å². The zero-order valence-corrected chi connectivity index (χ0v) is 21.8. The van der Waals surface area contributed by atoms with E-state index in [1.807, 2.05) is 13.0 Å². The van der Waals surface area contributed by atoms with Crippen LogP contribution in [0.1, 0.15) is 54.2 Å². The van der Waals surface area contributed by atoms with Crippen LogP contribution in [0.4, 0.5) is 5.69 Å². The molecule has 1 fully saturated rings. The molecule has 0 aliphatic carbocycles. The van der Waals surface area contributed by atoms with Crippen molar-refractivity contribution in [2.75, 3.05) is 12.4 Å². The Morgan fingerprint density at radius 1 is 1.30 bits per heavy atom. The second-order valence-electron chi connectivity index (χ2n) is 9.02. The first kappa shape index (κ1) is 28.5. The Morgan fingerprint density at radius 2 is 1.95 bits per heavy atom. The quantitative estimate of drug-likeness (QED) is 0.304. The highest BCUT2D eigenvalue weighted by atomic mass is 32.1. The van der Waals surface area contributed by atoms with Gasteiger partial charge in [0, 0.05) is 11.8 Å². The molecular formula is C24H31N3O9S. The molecule has 12 nitrogen and oxygen atoms in total. The van der Waals surface area contributed by atoms with E-state index in [2.05, 4.69) is 10.6 Å². The normalized spacial score (nSPS) is 28.9. The lowest BCUT2D eigenvalue weighted by molar-refractivity contribution is -0.272. The molecule has 6 atom stereocenters. The van der Waals surface area contributed by atoms with Crippen LogP contribution in [-0.4, -0.2) is 76.5 Å². The number of ether oxygens (including phenoxy) is 2. The van der Waals surface area contributed by atoms with Crippen molar-refractivity contribution in [3.63, 3.8) is 0 Å². The van der Waals surface area contributed by atoms with Crippen molar-refractivity contribution in [2.24, 2.45) is 0 Å². The van der Waals surface area contributed by atoms with Crippen LogP contribution in [0, 0.1) is 6.92 Å². The van der Waals surface area contributed by atoms with Gasteiger partial charge in [0.05, 0.1) is 29.1 Å². The van der Waals surface area contributed by atoms with E-state index in [1.165, 1.54) is 17.6 Å². The number of allylic oxidation sites excluding steroid dienone is 1. The lowest BCUT2D eigenvalue weighted by Crippen LogP contribution is -2.69. The Bertz CT molecular complexity index is 1240. The first-order chi connectivity index (χ1) is 17.4. The van der Waals surface area contributed by atoms with Gasteiger partial charge in [-0.15, -0.1) is 0 Å². The van der Waals surface area contributed by atoms with Gasteiger partial charge in [0.2, 0.25) is 6.29 Å². The molecule has 6 N–H and O–H groups in total. The van der Waals surface area contributed by atoms with Crippen molar-refractivity contribution in [2.45, 2.75) is 64.1 Å².